The number of hydrogen-bond donors (Lipinski definition) is 0. The number of rotatable bonds is 6. The molecule has 2 rings (SSSR count). The topological polar surface area (TPSA) is 34.0 Å². The predicted molar refractivity (Wildman–Crippen MR) is 79.9 cm³/mol. The van der Waals surface area contributed by atoms with Gasteiger partial charge in [-0.15, -0.1) is 11.6 Å². The van der Waals surface area contributed by atoms with Gasteiger partial charge < -0.3 is 9.47 Å². The summed E-state index contributed by atoms with van der Waals surface area (Å²) in [5, 5.41) is 0. The normalized spacial score (nSPS) is 11.6. The Morgan fingerprint density at radius 3 is 2.79 bits per heavy atom. The Hall–Kier alpha value is -1.13. The molecule has 0 aromatic carbocycles. The van der Waals surface area contributed by atoms with E-state index in [2.05, 4.69) is 33.4 Å². The van der Waals surface area contributed by atoms with E-state index in [9.17, 15) is 0 Å². The second kappa shape index (κ2) is 6.35. The zero-order chi connectivity index (χ0) is 13.8. The average molecular weight is 281 g/mol. The minimum absolute atomic E-state index is 0.589. The van der Waals surface area contributed by atoms with Crippen LogP contribution in [0.1, 0.15) is 18.4 Å². The summed E-state index contributed by atoms with van der Waals surface area (Å²) in [5.41, 5.74) is 2.96. The van der Waals surface area contributed by atoms with Gasteiger partial charge in [-0.25, -0.2) is 9.97 Å². The van der Waals surface area contributed by atoms with Crippen molar-refractivity contribution in [2.24, 2.45) is 0 Å². The molecular formula is C14H21ClN4. The van der Waals surface area contributed by atoms with Gasteiger partial charge in [-0.05, 0) is 32.6 Å². The minimum atomic E-state index is 0.589. The number of nitrogens with zero attached hydrogens (tertiary/aromatic N) is 4. The molecule has 0 saturated carbocycles. The van der Waals surface area contributed by atoms with Gasteiger partial charge in [0.2, 0.25) is 0 Å². The van der Waals surface area contributed by atoms with Crippen LogP contribution in [0.2, 0.25) is 0 Å². The molecule has 0 saturated heterocycles. The van der Waals surface area contributed by atoms with Crippen LogP contribution in [0.3, 0.4) is 0 Å². The maximum atomic E-state index is 5.87. The summed E-state index contributed by atoms with van der Waals surface area (Å²) in [6, 6.07) is 4.04. The molecule has 104 valence electrons. The molecule has 0 spiro atoms. The molecule has 0 amide bonds. The van der Waals surface area contributed by atoms with Gasteiger partial charge in [-0.2, -0.15) is 0 Å². The highest BCUT2D eigenvalue weighted by atomic mass is 35.5. The molecule has 0 fully saturated rings. The van der Waals surface area contributed by atoms with Crippen molar-refractivity contribution >= 4 is 22.8 Å². The Balaban J connectivity index is 2.36. The smallest absolute Gasteiger partial charge is 0.160 e. The fraction of sp³-hybridized carbons (Fsp3) is 0.571. The van der Waals surface area contributed by atoms with Gasteiger partial charge in [0.25, 0.3) is 0 Å². The lowest BCUT2D eigenvalue weighted by Gasteiger charge is -2.15. The van der Waals surface area contributed by atoms with Crippen molar-refractivity contribution in [1.29, 1.82) is 0 Å². The van der Waals surface area contributed by atoms with E-state index < -0.39 is 0 Å². The van der Waals surface area contributed by atoms with Crippen molar-refractivity contribution in [3.63, 3.8) is 0 Å². The van der Waals surface area contributed by atoms with Crippen molar-refractivity contribution < 1.29 is 0 Å². The number of pyridine rings is 1. The molecule has 19 heavy (non-hydrogen) atoms. The van der Waals surface area contributed by atoms with Crippen LogP contribution in [0.5, 0.6) is 0 Å². The molecule has 0 aliphatic rings. The number of fused-ring (bicyclic) bond motifs is 1. The Morgan fingerprint density at radius 2 is 2.11 bits per heavy atom. The molecule has 0 radical (unpaired) electrons. The van der Waals surface area contributed by atoms with Crippen molar-refractivity contribution in [1.82, 2.24) is 19.4 Å². The summed E-state index contributed by atoms with van der Waals surface area (Å²) >= 11 is 5.87. The van der Waals surface area contributed by atoms with Crippen LogP contribution in [0.25, 0.3) is 11.2 Å². The molecular weight excluding hydrogens is 260 g/mol. The number of halogens is 1. The molecule has 0 aliphatic carbocycles. The zero-order valence-corrected chi connectivity index (χ0v) is 12.6. The molecule has 5 heteroatoms. The van der Waals surface area contributed by atoms with Gasteiger partial charge in [0.15, 0.2) is 5.65 Å². The van der Waals surface area contributed by atoms with Crippen LogP contribution >= 0.6 is 11.6 Å². The summed E-state index contributed by atoms with van der Waals surface area (Å²) in [6.45, 7) is 7.12. The third kappa shape index (κ3) is 3.25. The molecule has 0 unspecified atom stereocenters. The van der Waals surface area contributed by atoms with E-state index >= 15 is 0 Å². The summed E-state index contributed by atoms with van der Waals surface area (Å²) in [4.78, 5) is 11.5. The van der Waals surface area contributed by atoms with Crippen molar-refractivity contribution in [3.8, 4) is 0 Å². The van der Waals surface area contributed by atoms with Gasteiger partial charge in [-0.1, -0.05) is 6.92 Å². The van der Waals surface area contributed by atoms with Crippen molar-refractivity contribution in [2.75, 3.05) is 26.0 Å². The Bertz CT molecular complexity index is 550. The van der Waals surface area contributed by atoms with Crippen molar-refractivity contribution in [3.05, 3.63) is 23.7 Å². The fourth-order valence-corrected chi connectivity index (χ4v) is 2.25. The summed E-state index contributed by atoms with van der Waals surface area (Å²) in [7, 11) is 2.12. The lowest BCUT2D eigenvalue weighted by Crippen LogP contribution is -2.23. The standard InChI is InChI=1S/C14H21ClN4/c1-4-18(3)9-10-19-13(7-8-15)17-12-6-5-11(2)16-14(12)19/h5-6H,4,7-10H2,1-3H3. The molecule has 2 heterocycles. The summed E-state index contributed by atoms with van der Waals surface area (Å²) in [5.74, 6) is 1.62. The van der Waals surface area contributed by atoms with Crippen LogP contribution in [-0.4, -0.2) is 45.5 Å². The molecule has 2 aromatic rings. The van der Waals surface area contributed by atoms with Gasteiger partial charge in [0.05, 0.1) is 0 Å². The molecule has 0 bridgehead atoms. The molecule has 2 aromatic heterocycles. The number of likely N-dealkylation sites (N-methyl/N-ethyl adjacent to an activating group) is 1. The van der Waals surface area contributed by atoms with E-state index in [0.717, 1.165) is 48.7 Å². The highest BCUT2D eigenvalue weighted by Gasteiger charge is 2.12. The molecule has 0 aliphatic heterocycles. The first kappa shape index (κ1) is 14.3. The average Bonchev–Trinajstić information content (AvgIpc) is 2.73. The van der Waals surface area contributed by atoms with Crippen LogP contribution in [-0.2, 0) is 13.0 Å². The van der Waals surface area contributed by atoms with Gasteiger partial charge in [0, 0.05) is 31.1 Å². The number of aromatic nitrogens is 3. The highest BCUT2D eigenvalue weighted by Crippen LogP contribution is 2.15. The summed E-state index contributed by atoms with van der Waals surface area (Å²) in [6.07, 6.45) is 0.785. The number of imidazole rings is 1. The van der Waals surface area contributed by atoms with E-state index in [1.54, 1.807) is 0 Å². The Labute approximate surface area is 119 Å². The van der Waals surface area contributed by atoms with E-state index in [4.69, 9.17) is 11.6 Å². The first-order valence-corrected chi connectivity index (χ1v) is 7.26. The quantitative estimate of drug-likeness (QED) is 0.763. The van der Waals surface area contributed by atoms with Crippen LogP contribution in [0.4, 0.5) is 0 Å². The maximum Gasteiger partial charge on any atom is 0.160 e. The Kier molecular flexibility index (Phi) is 4.77. The third-order valence-electron chi connectivity index (χ3n) is 3.37. The van der Waals surface area contributed by atoms with E-state index in [1.807, 2.05) is 19.1 Å². The second-order valence-electron chi connectivity index (χ2n) is 4.81. The number of hydrogen-bond acceptors (Lipinski definition) is 3. The van der Waals surface area contributed by atoms with Crippen LogP contribution < -0.4 is 0 Å². The third-order valence-corrected chi connectivity index (χ3v) is 3.56. The van der Waals surface area contributed by atoms with E-state index in [-0.39, 0.29) is 0 Å². The lowest BCUT2D eigenvalue weighted by molar-refractivity contribution is 0.335. The predicted octanol–water partition coefficient (Wildman–Crippen LogP) is 2.47. The number of alkyl halides is 1. The summed E-state index contributed by atoms with van der Waals surface area (Å²) < 4.78 is 2.21. The molecule has 0 N–H and O–H groups in total. The van der Waals surface area contributed by atoms with Gasteiger partial charge >= 0.3 is 0 Å². The van der Waals surface area contributed by atoms with Gasteiger partial charge in [0.1, 0.15) is 11.3 Å². The first-order chi connectivity index (χ1) is 9.15. The Morgan fingerprint density at radius 1 is 1.32 bits per heavy atom. The fourth-order valence-electron chi connectivity index (χ4n) is 2.08. The second-order valence-corrected chi connectivity index (χ2v) is 5.19. The van der Waals surface area contributed by atoms with Crippen molar-refractivity contribution in [2.45, 2.75) is 26.8 Å². The first-order valence-electron chi connectivity index (χ1n) is 6.73. The number of aryl methyl sites for hydroxylation is 2. The lowest BCUT2D eigenvalue weighted by atomic mass is 10.3. The van der Waals surface area contributed by atoms with E-state index in [0.29, 0.717) is 5.88 Å². The SMILES string of the molecule is CCN(C)CCn1c(CCCl)nc2ccc(C)nc21. The minimum Gasteiger partial charge on any atom is -0.311 e. The molecule has 0 atom stereocenters. The maximum absolute atomic E-state index is 5.87. The largest absolute Gasteiger partial charge is 0.311 e. The monoisotopic (exact) mass is 280 g/mol. The molecule has 4 nitrogen and oxygen atoms in total. The van der Waals surface area contributed by atoms with Crippen LogP contribution in [0.15, 0.2) is 12.1 Å². The van der Waals surface area contributed by atoms with E-state index in [1.165, 1.54) is 0 Å². The zero-order valence-electron chi connectivity index (χ0n) is 11.9. The highest BCUT2D eigenvalue weighted by molar-refractivity contribution is 6.17. The van der Waals surface area contributed by atoms with Gasteiger partial charge in [-0.3, -0.25) is 0 Å². The van der Waals surface area contributed by atoms with Crippen LogP contribution in [0, 0.1) is 6.92 Å².